The van der Waals surface area contributed by atoms with Gasteiger partial charge in [-0.15, -0.1) is 0 Å². The van der Waals surface area contributed by atoms with Crippen molar-refractivity contribution in [1.82, 2.24) is 4.31 Å². The van der Waals surface area contributed by atoms with Gasteiger partial charge in [-0.05, 0) is 19.3 Å². The fraction of sp³-hybridized carbons (Fsp3) is 1.00. The molecule has 0 aromatic carbocycles. The van der Waals surface area contributed by atoms with E-state index in [1.54, 1.807) is 0 Å². The van der Waals surface area contributed by atoms with Gasteiger partial charge in [0.1, 0.15) is 6.23 Å². The van der Waals surface area contributed by atoms with Crippen LogP contribution in [-0.2, 0) is 14.8 Å². The molecule has 0 bridgehead atoms. The van der Waals surface area contributed by atoms with Gasteiger partial charge in [0.15, 0.2) is 0 Å². The number of ether oxygens (including phenoxy) is 1. The smallest absolute Gasteiger partial charge is 0.216 e. The Hall–Kier alpha value is -0.130. The summed E-state index contributed by atoms with van der Waals surface area (Å²) < 4.78 is 30.1. The SMILES string of the molecule is CCCS(=O)(=O)N1[C@H]2CCCO[C@@H]21. The maximum absolute atomic E-state index is 11.6. The van der Waals surface area contributed by atoms with Gasteiger partial charge in [-0.1, -0.05) is 6.92 Å². The quantitative estimate of drug-likeness (QED) is 0.632. The predicted octanol–water partition coefficient (Wildman–Crippen LogP) is 0.547. The monoisotopic (exact) mass is 205 g/mol. The van der Waals surface area contributed by atoms with Gasteiger partial charge in [-0.25, -0.2) is 8.42 Å². The molecule has 3 atom stereocenters. The van der Waals surface area contributed by atoms with Crippen molar-refractivity contribution in [3.8, 4) is 0 Å². The van der Waals surface area contributed by atoms with E-state index in [0.717, 1.165) is 12.8 Å². The summed E-state index contributed by atoms with van der Waals surface area (Å²) >= 11 is 0. The fourth-order valence-corrected chi connectivity index (χ4v) is 3.73. The molecule has 1 unspecified atom stereocenters. The highest BCUT2D eigenvalue weighted by Gasteiger charge is 2.56. The van der Waals surface area contributed by atoms with Crippen molar-refractivity contribution in [3.63, 3.8) is 0 Å². The van der Waals surface area contributed by atoms with Crippen molar-refractivity contribution in [2.75, 3.05) is 12.4 Å². The molecule has 0 aliphatic carbocycles. The second-order valence-corrected chi connectivity index (χ2v) is 5.61. The Labute approximate surface area is 78.9 Å². The molecule has 0 aromatic heterocycles. The molecule has 5 heteroatoms. The number of rotatable bonds is 3. The molecule has 76 valence electrons. The third-order valence-corrected chi connectivity index (χ3v) is 4.58. The van der Waals surface area contributed by atoms with Crippen molar-refractivity contribution < 1.29 is 13.2 Å². The average Bonchev–Trinajstić information content (AvgIpc) is 2.77. The molecule has 2 saturated heterocycles. The van der Waals surface area contributed by atoms with Crippen LogP contribution in [0, 0.1) is 0 Å². The topological polar surface area (TPSA) is 46.4 Å². The second-order valence-electron chi connectivity index (χ2n) is 3.62. The summed E-state index contributed by atoms with van der Waals surface area (Å²) in [5.41, 5.74) is 0. The van der Waals surface area contributed by atoms with E-state index < -0.39 is 10.0 Å². The minimum absolute atomic E-state index is 0.120. The van der Waals surface area contributed by atoms with E-state index in [4.69, 9.17) is 4.74 Å². The first-order valence-electron chi connectivity index (χ1n) is 4.79. The van der Waals surface area contributed by atoms with Crippen molar-refractivity contribution in [1.29, 1.82) is 0 Å². The first-order chi connectivity index (χ1) is 6.17. The van der Waals surface area contributed by atoms with Crippen LogP contribution in [0.1, 0.15) is 26.2 Å². The molecule has 4 nitrogen and oxygen atoms in total. The normalized spacial score (nSPS) is 38.4. The van der Waals surface area contributed by atoms with Gasteiger partial charge in [0, 0.05) is 6.61 Å². The lowest BCUT2D eigenvalue weighted by Gasteiger charge is -2.04. The summed E-state index contributed by atoms with van der Waals surface area (Å²) in [4.78, 5) is 0. The first-order valence-corrected chi connectivity index (χ1v) is 6.40. The number of nitrogens with zero attached hydrogens (tertiary/aromatic N) is 1. The van der Waals surface area contributed by atoms with E-state index in [1.165, 1.54) is 4.31 Å². The number of fused-ring (bicyclic) bond motifs is 1. The van der Waals surface area contributed by atoms with Gasteiger partial charge in [0.25, 0.3) is 0 Å². The van der Waals surface area contributed by atoms with E-state index in [0.29, 0.717) is 13.0 Å². The van der Waals surface area contributed by atoms with Crippen LogP contribution in [0.4, 0.5) is 0 Å². The highest BCUT2D eigenvalue weighted by Crippen LogP contribution is 2.39. The van der Waals surface area contributed by atoms with E-state index in [-0.39, 0.29) is 18.0 Å². The highest BCUT2D eigenvalue weighted by molar-refractivity contribution is 7.89. The van der Waals surface area contributed by atoms with Crippen LogP contribution in [0.2, 0.25) is 0 Å². The van der Waals surface area contributed by atoms with Gasteiger partial charge in [-0.2, -0.15) is 4.31 Å². The Bertz CT molecular complexity index is 276. The Balaban J connectivity index is 2.03. The minimum atomic E-state index is -3.01. The molecule has 2 fully saturated rings. The van der Waals surface area contributed by atoms with E-state index in [1.807, 2.05) is 6.92 Å². The highest BCUT2D eigenvalue weighted by atomic mass is 32.2. The Morgan fingerprint density at radius 3 is 2.85 bits per heavy atom. The predicted molar refractivity (Wildman–Crippen MR) is 48.7 cm³/mol. The maximum Gasteiger partial charge on any atom is 0.216 e. The Morgan fingerprint density at radius 1 is 1.54 bits per heavy atom. The molecule has 0 aromatic rings. The molecule has 13 heavy (non-hydrogen) atoms. The zero-order chi connectivity index (χ0) is 9.47. The lowest BCUT2D eigenvalue weighted by Crippen LogP contribution is -2.18. The standard InChI is InChI=1S/C8H15NO3S/c1-2-6-13(10,11)9-7-4-3-5-12-8(7)9/h7-8H,2-6H2,1H3/t7-,8-,9?/m0/s1. The minimum Gasteiger partial charge on any atom is -0.360 e. The molecule has 0 N–H and O–H groups in total. The van der Waals surface area contributed by atoms with Crippen molar-refractivity contribution in [3.05, 3.63) is 0 Å². The van der Waals surface area contributed by atoms with Gasteiger partial charge >= 0.3 is 0 Å². The van der Waals surface area contributed by atoms with Crippen LogP contribution in [-0.4, -0.2) is 37.4 Å². The molecular weight excluding hydrogens is 190 g/mol. The molecule has 0 saturated carbocycles. The summed E-state index contributed by atoms with van der Waals surface area (Å²) in [6.45, 7) is 2.59. The van der Waals surface area contributed by atoms with Crippen LogP contribution >= 0.6 is 0 Å². The lowest BCUT2D eigenvalue weighted by molar-refractivity contribution is 0.0787. The van der Waals surface area contributed by atoms with Crippen molar-refractivity contribution >= 4 is 10.0 Å². The van der Waals surface area contributed by atoms with Gasteiger partial charge < -0.3 is 4.74 Å². The molecule has 2 aliphatic rings. The van der Waals surface area contributed by atoms with Crippen LogP contribution in [0.3, 0.4) is 0 Å². The van der Waals surface area contributed by atoms with Crippen molar-refractivity contribution in [2.45, 2.75) is 38.5 Å². The van der Waals surface area contributed by atoms with Crippen LogP contribution in [0.25, 0.3) is 0 Å². The molecule has 2 aliphatic heterocycles. The van der Waals surface area contributed by atoms with E-state index >= 15 is 0 Å². The largest absolute Gasteiger partial charge is 0.360 e. The molecule has 0 radical (unpaired) electrons. The second kappa shape index (κ2) is 3.22. The molecule has 2 rings (SSSR count). The number of hydrogen-bond acceptors (Lipinski definition) is 3. The third kappa shape index (κ3) is 1.60. The molecular formula is C8H15NO3S. The molecule has 2 heterocycles. The van der Waals surface area contributed by atoms with E-state index in [9.17, 15) is 8.42 Å². The summed E-state index contributed by atoms with van der Waals surface area (Å²) in [5, 5.41) is 0. The molecule has 0 amide bonds. The number of sulfonamides is 1. The fourth-order valence-electron chi connectivity index (χ4n) is 1.91. The Kier molecular flexibility index (Phi) is 2.33. The zero-order valence-electron chi connectivity index (χ0n) is 7.77. The number of hydrogen-bond donors (Lipinski definition) is 0. The summed E-state index contributed by atoms with van der Waals surface area (Å²) in [5.74, 6) is 0.253. The summed E-state index contributed by atoms with van der Waals surface area (Å²) in [6.07, 6.45) is 2.51. The van der Waals surface area contributed by atoms with Gasteiger partial charge in [-0.3, -0.25) is 0 Å². The lowest BCUT2D eigenvalue weighted by atomic mass is 10.2. The van der Waals surface area contributed by atoms with Gasteiger partial charge in [0.05, 0.1) is 11.8 Å². The molecule has 0 spiro atoms. The summed E-state index contributed by atoms with van der Waals surface area (Å²) in [7, 11) is -3.01. The van der Waals surface area contributed by atoms with Crippen LogP contribution < -0.4 is 0 Å². The average molecular weight is 205 g/mol. The van der Waals surface area contributed by atoms with Gasteiger partial charge in [0.2, 0.25) is 10.0 Å². The Morgan fingerprint density at radius 2 is 2.31 bits per heavy atom. The van der Waals surface area contributed by atoms with Crippen molar-refractivity contribution in [2.24, 2.45) is 0 Å². The van der Waals surface area contributed by atoms with Crippen LogP contribution in [0.15, 0.2) is 0 Å². The van der Waals surface area contributed by atoms with Crippen LogP contribution in [0.5, 0.6) is 0 Å². The third-order valence-electron chi connectivity index (χ3n) is 2.53. The maximum atomic E-state index is 11.6. The summed E-state index contributed by atoms with van der Waals surface area (Å²) in [6, 6.07) is 0.158. The van der Waals surface area contributed by atoms with E-state index in [2.05, 4.69) is 0 Å². The first kappa shape index (κ1) is 9.43. The zero-order valence-corrected chi connectivity index (χ0v) is 8.59.